The molecule has 23 heavy (non-hydrogen) atoms. The summed E-state index contributed by atoms with van der Waals surface area (Å²) in [6.45, 7) is 6.89. The van der Waals surface area contributed by atoms with E-state index < -0.39 is 17.8 Å². The molecule has 1 amide bonds. The molecule has 0 aliphatic carbocycles. The number of hydrogen-bond acceptors (Lipinski definition) is 4. The summed E-state index contributed by atoms with van der Waals surface area (Å²) in [5, 5.41) is 13.4. The molecule has 2 rings (SSSR count). The molecule has 0 aliphatic heterocycles. The maximum atomic E-state index is 12.8. The van der Waals surface area contributed by atoms with Crippen LogP contribution in [0.15, 0.2) is 6.20 Å². The highest BCUT2D eigenvalue weighted by atomic mass is 19.4. The number of nitrogens with zero attached hydrogens (tertiary/aromatic N) is 5. The van der Waals surface area contributed by atoms with Crippen LogP contribution in [-0.4, -0.2) is 30.7 Å². The summed E-state index contributed by atoms with van der Waals surface area (Å²) < 4.78 is 40.9. The zero-order chi connectivity index (χ0) is 17.6. The highest BCUT2D eigenvalue weighted by Gasteiger charge is 2.37. The predicted octanol–water partition coefficient (Wildman–Crippen LogP) is 2.35. The van der Waals surface area contributed by atoms with Gasteiger partial charge in [0.2, 0.25) is 0 Å². The van der Waals surface area contributed by atoms with Crippen molar-refractivity contribution >= 4 is 11.7 Å². The number of alkyl halides is 3. The molecule has 2 aromatic heterocycles. The van der Waals surface area contributed by atoms with Crippen LogP contribution in [0.5, 0.6) is 0 Å². The van der Waals surface area contributed by atoms with Crippen LogP contribution in [0, 0.1) is 6.92 Å². The van der Waals surface area contributed by atoms with E-state index in [-0.39, 0.29) is 22.6 Å². The molecule has 0 aromatic carbocycles. The van der Waals surface area contributed by atoms with Gasteiger partial charge in [-0.05, 0) is 27.7 Å². The van der Waals surface area contributed by atoms with Crippen molar-refractivity contribution < 1.29 is 18.0 Å². The molecule has 0 spiro atoms. The zero-order valence-electron chi connectivity index (χ0n) is 13.4. The Labute approximate surface area is 130 Å². The fourth-order valence-corrected chi connectivity index (χ4v) is 1.94. The van der Waals surface area contributed by atoms with E-state index in [9.17, 15) is 18.0 Å². The van der Waals surface area contributed by atoms with Gasteiger partial charge in [0.15, 0.2) is 11.4 Å². The molecule has 0 radical (unpaired) electrons. The van der Waals surface area contributed by atoms with Gasteiger partial charge in [0.25, 0.3) is 5.91 Å². The van der Waals surface area contributed by atoms with Gasteiger partial charge < -0.3 is 5.32 Å². The van der Waals surface area contributed by atoms with Crippen LogP contribution in [0.4, 0.5) is 19.0 Å². The minimum absolute atomic E-state index is 0.00841. The predicted molar refractivity (Wildman–Crippen MR) is 75.9 cm³/mol. The molecule has 0 saturated heterocycles. The van der Waals surface area contributed by atoms with E-state index in [0.717, 1.165) is 4.68 Å². The highest BCUT2D eigenvalue weighted by molar-refractivity contribution is 6.02. The molecule has 2 aromatic rings. The third-order valence-electron chi connectivity index (χ3n) is 3.20. The van der Waals surface area contributed by atoms with Crippen molar-refractivity contribution in [2.45, 2.75) is 39.4 Å². The summed E-state index contributed by atoms with van der Waals surface area (Å²) in [4.78, 5) is 12.2. The number of rotatable bonds is 2. The van der Waals surface area contributed by atoms with Crippen molar-refractivity contribution in [3.8, 4) is 0 Å². The van der Waals surface area contributed by atoms with E-state index in [1.165, 1.54) is 24.9 Å². The first kappa shape index (κ1) is 17.0. The number of aryl methyl sites for hydroxylation is 1. The fourth-order valence-electron chi connectivity index (χ4n) is 1.94. The van der Waals surface area contributed by atoms with Gasteiger partial charge in [-0.25, -0.2) is 4.68 Å². The van der Waals surface area contributed by atoms with E-state index in [0.29, 0.717) is 0 Å². The maximum absolute atomic E-state index is 12.8. The topological polar surface area (TPSA) is 77.6 Å². The Balaban J connectivity index is 2.28. The van der Waals surface area contributed by atoms with E-state index in [1.54, 1.807) is 0 Å². The summed E-state index contributed by atoms with van der Waals surface area (Å²) in [5.41, 5.74) is -1.54. The summed E-state index contributed by atoms with van der Waals surface area (Å²) in [7, 11) is 1.32. The number of aromatic nitrogens is 5. The van der Waals surface area contributed by atoms with Crippen LogP contribution in [0.3, 0.4) is 0 Å². The Bertz CT molecular complexity index is 738. The molecule has 7 nitrogen and oxygen atoms in total. The normalized spacial score (nSPS) is 12.5. The van der Waals surface area contributed by atoms with Crippen LogP contribution in [0.2, 0.25) is 0 Å². The van der Waals surface area contributed by atoms with Crippen LogP contribution >= 0.6 is 0 Å². The number of carbonyl (C=O) groups is 1. The summed E-state index contributed by atoms with van der Waals surface area (Å²) in [5.74, 6) is -0.687. The molecule has 0 atom stereocenters. The van der Waals surface area contributed by atoms with Gasteiger partial charge in [-0.3, -0.25) is 9.48 Å². The molecule has 0 bridgehead atoms. The summed E-state index contributed by atoms with van der Waals surface area (Å²) in [6.07, 6.45) is -3.15. The number of hydrogen-bond donors (Lipinski definition) is 1. The van der Waals surface area contributed by atoms with Gasteiger partial charge in [-0.2, -0.15) is 18.3 Å². The van der Waals surface area contributed by atoms with E-state index in [2.05, 4.69) is 20.7 Å². The van der Waals surface area contributed by atoms with Crippen LogP contribution in [0.1, 0.15) is 42.5 Å². The molecule has 0 aliphatic rings. The second kappa shape index (κ2) is 5.36. The number of anilines is 1. The van der Waals surface area contributed by atoms with Crippen LogP contribution < -0.4 is 5.32 Å². The molecule has 0 fully saturated rings. The molecule has 0 unspecified atom stereocenters. The average Bonchev–Trinajstić information content (AvgIpc) is 2.97. The van der Waals surface area contributed by atoms with Crippen molar-refractivity contribution in [1.82, 2.24) is 24.8 Å². The van der Waals surface area contributed by atoms with E-state index >= 15 is 0 Å². The lowest BCUT2D eigenvalue weighted by molar-refractivity contribution is -0.141. The smallest absolute Gasteiger partial charge is 0.305 e. The van der Waals surface area contributed by atoms with Gasteiger partial charge in [0.1, 0.15) is 5.82 Å². The quantitative estimate of drug-likeness (QED) is 0.917. The SMILES string of the molecule is Cc1c(C(F)(F)F)nn(C)c1NC(=O)c1cn(C(C)(C)C)nn1. The van der Waals surface area contributed by atoms with Crippen molar-refractivity contribution in [2.75, 3.05) is 5.32 Å². The third-order valence-corrected chi connectivity index (χ3v) is 3.20. The average molecular weight is 330 g/mol. The molecule has 0 saturated carbocycles. The Morgan fingerprint density at radius 2 is 1.87 bits per heavy atom. The first-order valence-electron chi connectivity index (χ1n) is 6.76. The van der Waals surface area contributed by atoms with E-state index in [1.807, 2.05) is 20.8 Å². The molecule has 126 valence electrons. The first-order valence-corrected chi connectivity index (χ1v) is 6.76. The zero-order valence-corrected chi connectivity index (χ0v) is 13.4. The molecule has 2 heterocycles. The molecule has 1 N–H and O–H groups in total. The Kier molecular flexibility index (Phi) is 3.95. The molecular formula is C13H17F3N6O. The summed E-state index contributed by atoms with van der Waals surface area (Å²) in [6, 6.07) is 0. The summed E-state index contributed by atoms with van der Waals surface area (Å²) >= 11 is 0. The van der Waals surface area contributed by atoms with Gasteiger partial charge >= 0.3 is 6.18 Å². The first-order chi connectivity index (χ1) is 10.4. The second-order valence-corrected chi connectivity index (χ2v) is 6.12. The van der Waals surface area contributed by atoms with Gasteiger partial charge in [-0.15, -0.1) is 5.10 Å². The number of halogens is 3. The van der Waals surface area contributed by atoms with E-state index in [4.69, 9.17) is 0 Å². The van der Waals surface area contributed by atoms with Crippen molar-refractivity contribution in [3.05, 3.63) is 23.1 Å². The minimum atomic E-state index is -4.58. The third kappa shape index (κ3) is 3.35. The number of carbonyl (C=O) groups excluding carboxylic acids is 1. The lowest BCUT2D eigenvalue weighted by atomic mass is 10.1. The van der Waals surface area contributed by atoms with Crippen molar-refractivity contribution in [2.24, 2.45) is 7.05 Å². The lowest BCUT2D eigenvalue weighted by Gasteiger charge is -2.17. The van der Waals surface area contributed by atoms with Gasteiger partial charge in [-0.1, -0.05) is 5.21 Å². The largest absolute Gasteiger partial charge is 0.435 e. The van der Waals surface area contributed by atoms with Crippen LogP contribution in [-0.2, 0) is 18.8 Å². The number of nitrogens with one attached hydrogen (secondary N) is 1. The minimum Gasteiger partial charge on any atom is -0.305 e. The van der Waals surface area contributed by atoms with Crippen molar-refractivity contribution in [1.29, 1.82) is 0 Å². The Morgan fingerprint density at radius 3 is 2.30 bits per heavy atom. The highest BCUT2D eigenvalue weighted by Crippen LogP contribution is 2.33. The van der Waals surface area contributed by atoms with Crippen molar-refractivity contribution in [3.63, 3.8) is 0 Å². The van der Waals surface area contributed by atoms with Gasteiger partial charge in [0.05, 0.1) is 11.7 Å². The van der Waals surface area contributed by atoms with Gasteiger partial charge in [0, 0.05) is 12.6 Å². The lowest BCUT2D eigenvalue weighted by Crippen LogP contribution is -2.22. The standard InChI is InChI=1S/C13H17F3N6O/c1-7-9(13(14,15)16)19-21(5)10(7)17-11(23)8-6-22(20-18-8)12(2,3)4/h6H,1-5H3,(H,17,23). The molecule has 10 heteroatoms. The second-order valence-electron chi connectivity index (χ2n) is 6.12. The maximum Gasteiger partial charge on any atom is 0.435 e. The number of amides is 1. The fraction of sp³-hybridized carbons (Fsp3) is 0.538. The molecular weight excluding hydrogens is 313 g/mol. The Morgan fingerprint density at radius 1 is 1.26 bits per heavy atom. The monoisotopic (exact) mass is 330 g/mol. The van der Waals surface area contributed by atoms with Crippen LogP contribution in [0.25, 0.3) is 0 Å². The Hall–Kier alpha value is -2.39.